The number of rotatable bonds is 7. The van der Waals surface area contributed by atoms with Crippen LogP contribution < -0.4 is 15.0 Å². The lowest BCUT2D eigenvalue weighted by Gasteiger charge is -2.36. The van der Waals surface area contributed by atoms with Crippen LogP contribution in [0.1, 0.15) is 23.1 Å². The van der Waals surface area contributed by atoms with Crippen LogP contribution in [0.25, 0.3) is 0 Å². The Kier molecular flexibility index (Phi) is 7.47. The summed E-state index contributed by atoms with van der Waals surface area (Å²) in [4.78, 5) is 29.0. The quantitative estimate of drug-likeness (QED) is 0.445. The van der Waals surface area contributed by atoms with Crippen molar-refractivity contribution >= 4 is 23.3 Å². The maximum absolute atomic E-state index is 13.3. The fourth-order valence-corrected chi connectivity index (χ4v) is 4.06. The van der Waals surface area contributed by atoms with Gasteiger partial charge in [-0.1, -0.05) is 36.4 Å². The third-order valence-corrected chi connectivity index (χ3v) is 5.77. The van der Waals surface area contributed by atoms with Crippen molar-refractivity contribution in [2.45, 2.75) is 26.1 Å². The first-order valence-corrected chi connectivity index (χ1v) is 11.5. The number of para-hydroxylation sites is 1. The van der Waals surface area contributed by atoms with Gasteiger partial charge in [0, 0.05) is 19.6 Å². The molecule has 36 heavy (non-hydrogen) atoms. The lowest BCUT2D eigenvalue weighted by Crippen LogP contribution is -2.49. The molecule has 9 heteroatoms. The van der Waals surface area contributed by atoms with Crippen LogP contribution in [-0.2, 0) is 17.5 Å². The predicted octanol–water partition coefficient (Wildman–Crippen LogP) is 5.86. The number of amides is 3. The number of carbonyl (C=O) groups excluding carboxylic acids is 2. The Bertz CT molecular complexity index is 1230. The number of halogens is 3. The second-order valence-corrected chi connectivity index (χ2v) is 8.58. The van der Waals surface area contributed by atoms with Crippen LogP contribution in [0.15, 0.2) is 72.8 Å². The highest BCUT2D eigenvalue weighted by atomic mass is 19.4. The number of urea groups is 1. The number of hydrogen-bond donors (Lipinski definition) is 1. The van der Waals surface area contributed by atoms with Gasteiger partial charge in [0.1, 0.15) is 5.75 Å². The molecule has 1 aliphatic heterocycles. The lowest BCUT2D eigenvalue weighted by atomic mass is 10.1. The number of alkyl halides is 3. The third-order valence-electron chi connectivity index (χ3n) is 5.77. The summed E-state index contributed by atoms with van der Waals surface area (Å²) < 4.78 is 44.8. The van der Waals surface area contributed by atoms with Crippen molar-refractivity contribution in [2.24, 2.45) is 0 Å². The van der Waals surface area contributed by atoms with Gasteiger partial charge in [0.05, 0.1) is 16.9 Å². The normalized spacial score (nSPS) is 14.1. The molecule has 188 valence electrons. The van der Waals surface area contributed by atoms with E-state index in [9.17, 15) is 22.8 Å². The van der Waals surface area contributed by atoms with Gasteiger partial charge in [0.25, 0.3) is 5.91 Å². The molecule has 3 amide bonds. The van der Waals surface area contributed by atoms with Gasteiger partial charge in [0.15, 0.2) is 6.61 Å². The summed E-state index contributed by atoms with van der Waals surface area (Å²) in [7, 11) is 0. The molecule has 1 heterocycles. The average Bonchev–Trinajstić information content (AvgIpc) is 2.85. The van der Waals surface area contributed by atoms with E-state index >= 15 is 0 Å². The van der Waals surface area contributed by atoms with E-state index in [-0.39, 0.29) is 25.1 Å². The Morgan fingerprint density at radius 3 is 2.53 bits per heavy atom. The molecule has 0 spiro atoms. The fraction of sp³-hybridized carbons (Fsp3) is 0.259. The Labute approximate surface area is 207 Å². The number of aryl methyl sites for hydroxylation is 1. The van der Waals surface area contributed by atoms with Gasteiger partial charge in [-0.05, 0) is 60.9 Å². The molecule has 0 atom stereocenters. The molecule has 0 aromatic heterocycles. The summed E-state index contributed by atoms with van der Waals surface area (Å²) in [5, 5.41) is 2.83. The molecular formula is C27H26F3N3O3. The summed E-state index contributed by atoms with van der Waals surface area (Å²) in [5.41, 5.74) is 1.53. The fourth-order valence-electron chi connectivity index (χ4n) is 4.06. The first-order valence-electron chi connectivity index (χ1n) is 11.5. The summed E-state index contributed by atoms with van der Waals surface area (Å²) in [6.45, 7) is 2.57. The average molecular weight is 498 g/mol. The molecular weight excluding hydrogens is 471 g/mol. The van der Waals surface area contributed by atoms with Crippen molar-refractivity contribution in [1.82, 2.24) is 4.90 Å². The van der Waals surface area contributed by atoms with Gasteiger partial charge in [-0.25, -0.2) is 4.79 Å². The number of carbonyl (C=O) groups is 2. The van der Waals surface area contributed by atoms with Gasteiger partial charge in [-0.15, -0.1) is 0 Å². The minimum Gasteiger partial charge on any atom is -0.484 e. The van der Waals surface area contributed by atoms with Crippen LogP contribution in [0.4, 0.5) is 29.3 Å². The maximum atomic E-state index is 13.3. The minimum absolute atomic E-state index is 0.0533. The number of hydrogen-bond acceptors (Lipinski definition) is 3. The Morgan fingerprint density at radius 1 is 1.00 bits per heavy atom. The van der Waals surface area contributed by atoms with Crippen LogP contribution >= 0.6 is 0 Å². The Balaban J connectivity index is 1.48. The van der Waals surface area contributed by atoms with Crippen molar-refractivity contribution in [3.05, 3.63) is 89.5 Å². The zero-order valence-corrected chi connectivity index (χ0v) is 19.7. The van der Waals surface area contributed by atoms with E-state index in [1.807, 2.05) is 19.1 Å². The van der Waals surface area contributed by atoms with Crippen molar-refractivity contribution in [2.75, 3.05) is 29.9 Å². The second-order valence-electron chi connectivity index (χ2n) is 8.58. The summed E-state index contributed by atoms with van der Waals surface area (Å²) in [5.74, 6) is 0.185. The predicted molar refractivity (Wildman–Crippen MR) is 131 cm³/mol. The third kappa shape index (κ3) is 6.16. The van der Waals surface area contributed by atoms with Crippen molar-refractivity contribution in [3.8, 4) is 5.75 Å². The molecule has 0 unspecified atom stereocenters. The summed E-state index contributed by atoms with van der Waals surface area (Å²) >= 11 is 0. The maximum Gasteiger partial charge on any atom is 0.416 e. The van der Waals surface area contributed by atoms with Gasteiger partial charge >= 0.3 is 12.2 Å². The topological polar surface area (TPSA) is 61.9 Å². The highest BCUT2D eigenvalue weighted by molar-refractivity contribution is 6.01. The largest absolute Gasteiger partial charge is 0.484 e. The van der Waals surface area contributed by atoms with Crippen LogP contribution in [-0.4, -0.2) is 36.5 Å². The summed E-state index contributed by atoms with van der Waals surface area (Å²) in [6, 6.07) is 19.0. The van der Waals surface area contributed by atoms with Gasteiger partial charge < -0.3 is 15.0 Å². The van der Waals surface area contributed by atoms with E-state index in [2.05, 4.69) is 5.32 Å². The molecule has 1 N–H and O–H groups in total. The molecule has 6 nitrogen and oxygen atoms in total. The number of anilines is 2. The molecule has 4 rings (SSSR count). The molecule has 1 fully saturated rings. The van der Waals surface area contributed by atoms with Gasteiger partial charge in [0.2, 0.25) is 0 Å². The van der Waals surface area contributed by atoms with Crippen molar-refractivity contribution in [1.29, 1.82) is 0 Å². The lowest BCUT2D eigenvalue weighted by molar-refractivity contribution is -0.137. The molecule has 3 aromatic rings. The molecule has 1 saturated heterocycles. The molecule has 0 radical (unpaired) electrons. The van der Waals surface area contributed by atoms with Crippen LogP contribution in [0.2, 0.25) is 0 Å². The van der Waals surface area contributed by atoms with Crippen LogP contribution in [0, 0.1) is 6.92 Å². The van der Waals surface area contributed by atoms with Gasteiger partial charge in [-0.3, -0.25) is 9.69 Å². The van der Waals surface area contributed by atoms with E-state index in [0.717, 1.165) is 17.7 Å². The first-order chi connectivity index (χ1) is 17.2. The molecule has 0 aliphatic carbocycles. The number of nitrogens with zero attached hydrogens (tertiary/aromatic N) is 2. The van der Waals surface area contributed by atoms with Crippen LogP contribution in [0.5, 0.6) is 5.75 Å². The minimum atomic E-state index is -4.45. The van der Waals surface area contributed by atoms with E-state index in [4.69, 9.17) is 4.74 Å². The number of nitrogens with one attached hydrogen (secondary N) is 1. The smallest absolute Gasteiger partial charge is 0.416 e. The highest BCUT2D eigenvalue weighted by Gasteiger charge is 2.32. The second kappa shape index (κ2) is 10.7. The van der Waals surface area contributed by atoms with E-state index < -0.39 is 11.7 Å². The highest BCUT2D eigenvalue weighted by Crippen LogP contribution is 2.32. The number of benzene rings is 3. The van der Waals surface area contributed by atoms with Crippen LogP contribution in [0.3, 0.4) is 0 Å². The van der Waals surface area contributed by atoms with Crippen molar-refractivity contribution in [3.63, 3.8) is 0 Å². The SMILES string of the molecule is Cc1ccc(N2CCCN(Cc3cccc(C(F)(F)F)c3)C2=O)c(NC(=O)COc2ccccc2)c1. The number of ether oxygens (including phenoxy) is 1. The monoisotopic (exact) mass is 497 g/mol. The molecule has 3 aromatic carbocycles. The van der Waals surface area contributed by atoms with Crippen molar-refractivity contribution < 1.29 is 27.5 Å². The first kappa shape index (κ1) is 25.1. The molecule has 0 bridgehead atoms. The van der Waals surface area contributed by atoms with E-state index in [1.165, 1.54) is 11.0 Å². The molecule has 0 saturated carbocycles. The zero-order valence-electron chi connectivity index (χ0n) is 19.7. The standard InChI is InChI=1S/C27H26F3N3O3/c1-19-11-12-24(23(15-19)31-25(34)18-36-22-9-3-2-4-10-22)33-14-6-13-32(26(33)35)17-20-7-5-8-21(16-20)27(28,29)30/h2-5,7-12,15-16H,6,13-14,17-18H2,1H3,(H,31,34). The molecule has 1 aliphatic rings. The van der Waals surface area contributed by atoms with Gasteiger partial charge in [-0.2, -0.15) is 13.2 Å². The Morgan fingerprint density at radius 2 is 1.78 bits per heavy atom. The van der Waals surface area contributed by atoms with E-state index in [0.29, 0.717) is 42.2 Å². The zero-order chi connectivity index (χ0) is 25.7. The Hall–Kier alpha value is -4.01. The van der Waals surface area contributed by atoms with E-state index in [1.54, 1.807) is 47.4 Å². The summed E-state index contributed by atoms with van der Waals surface area (Å²) in [6.07, 6.45) is -3.82.